The number of hydrogen-bond acceptors (Lipinski definition) is 4. The quantitative estimate of drug-likeness (QED) is 0.768. The second-order valence-corrected chi connectivity index (χ2v) is 6.70. The highest BCUT2D eigenvalue weighted by molar-refractivity contribution is 7.54. The van der Waals surface area contributed by atoms with Crippen molar-refractivity contribution in [3.8, 4) is 0 Å². The number of hydrogen-bond donors (Lipinski definition) is 1. The normalized spacial score (nSPS) is 15.2. The summed E-state index contributed by atoms with van der Waals surface area (Å²) in [6.07, 6.45) is 0.214. The van der Waals surface area contributed by atoms with Crippen molar-refractivity contribution in [2.45, 2.75) is 32.5 Å². The lowest BCUT2D eigenvalue weighted by atomic mass is 10.1. The van der Waals surface area contributed by atoms with E-state index >= 15 is 0 Å². The average molecular weight is 307 g/mol. The first-order valence-corrected chi connectivity index (χ1v) is 8.23. The molecule has 0 bridgehead atoms. The van der Waals surface area contributed by atoms with Gasteiger partial charge >= 0.3 is 7.60 Å². The summed E-state index contributed by atoms with van der Waals surface area (Å²) in [5.74, 6) is 0. The summed E-state index contributed by atoms with van der Waals surface area (Å²) in [5.41, 5.74) is 0.477. The van der Waals surface area contributed by atoms with Crippen LogP contribution in [0.4, 0.5) is 0 Å². The maximum Gasteiger partial charge on any atom is 0.366 e. The minimum atomic E-state index is -3.67. The summed E-state index contributed by atoms with van der Waals surface area (Å²) in [6, 6.07) is 6.55. The van der Waals surface area contributed by atoms with Crippen molar-refractivity contribution in [1.29, 1.82) is 0 Å². The fraction of sp³-hybridized carbons (Fsp3) is 0.538. The molecule has 0 spiro atoms. The molecule has 6 heteroatoms. The van der Waals surface area contributed by atoms with Crippen LogP contribution < -0.4 is 0 Å². The van der Waals surface area contributed by atoms with Crippen molar-refractivity contribution < 1.29 is 18.7 Å². The molecule has 1 rings (SSSR count). The molecule has 19 heavy (non-hydrogen) atoms. The fourth-order valence-corrected chi connectivity index (χ4v) is 4.02. The van der Waals surface area contributed by atoms with Gasteiger partial charge in [0.1, 0.15) is 0 Å². The van der Waals surface area contributed by atoms with E-state index in [4.69, 9.17) is 20.6 Å². The molecule has 0 saturated heterocycles. The highest BCUT2D eigenvalue weighted by Crippen LogP contribution is 2.64. The second kappa shape index (κ2) is 6.87. The van der Waals surface area contributed by atoms with E-state index in [1.165, 1.54) is 0 Å². The third kappa shape index (κ3) is 3.39. The van der Waals surface area contributed by atoms with Crippen LogP contribution in [0.1, 0.15) is 32.8 Å². The van der Waals surface area contributed by atoms with E-state index in [0.717, 1.165) is 0 Å². The average Bonchev–Trinajstić information content (AvgIpc) is 2.39. The van der Waals surface area contributed by atoms with E-state index in [9.17, 15) is 9.67 Å². The van der Waals surface area contributed by atoms with E-state index in [1.807, 2.05) is 0 Å². The Hall–Kier alpha value is -0.380. The van der Waals surface area contributed by atoms with Crippen LogP contribution in [0.15, 0.2) is 24.3 Å². The summed E-state index contributed by atoms with van der Waals surface area (Å²) >= 11 is 5.83. The molecule has 0 saturated carbocycles. The summed E-state index contributed by atoms with van der Waals surface area (Å²) < 4.78 is 23.3. The number of aliphatic hydroxyl groups is 1. The predicted molar refractivity (Wildman–Crippen MR) is 76.5 cm³/mol. The summed E-state index contributed by atoms with van der Waals surface area (Å²) in [7, 11) is -3.67. The molecule has 4 nitrogen and oxygen atoms in total. The van der Waals surface area contributed by atoms with Crippen LogP contribution in [0, 0.1) is 0 Å². The van der Waals surface area contributed by atoms with Gasteiger partial charge in [-0.25, -0.2) is 0 Å². The molecule has 0 aliphatic heterocycles. The Kier molecular flexibility index (Phi) is 6.03. The molecule has 0 aromatic heterocycles. The third-order valence-corrected chi connectivity index (χ3v) is 5.78. The Labute approximate surface area is 119 Å². The van der Waals surface area contributed by atoms with Crippen LogP contribution in [0.25, 0.3) is 0 Å². The van der Waals surface area contributed by atoms with Crippen LogP contribution >= 0.6 is 19.2 Å². The molecule has 1 atom stereocenters. The molecule has 108 valence electrons. The first-order chi connectivity index (χ1) is 8.93. The molecule has 0 unspecified atom stereocenters. The lowest BCUT2D eigenvalue weighted by Crippen LogP contribution is -2.27. The Morgan fingerprint density at radius 2 is 1.63 bits per heavy atom. The molecular formula is C13H20ClO4P. The topological polar surface area (TPSA) is 55.8 Å². The first-order valence-electron chi connectivity index (χ1n) is 6.31. The second-order valence-electron chi connectivity index (χ2n) is 4.01. The molecule has 0 heterocycles. The van der Waals surface area contributed by atoms with Gasteiger partial charge in [-0.05, 0) is 38.0 Å². The van der Waals surface area contributed by atoms with Crippen LogP contribution in [-0.4, -0.2) is 18.3 Å². The van der Waals surface area contributed by atoms with E-state index < -0.39 is 12.9 Å². The zero-order valence-electron chi connectivity index (χ0n) is 11.4. The van der Waals surface area contributed by atoms with E-state index in [2.05, 4.69) is 0 Å². The van der Waals surface area contributed by atoms with Gasteiger partial charge in [-0.2, -0.15) is 0 Å². The van der Waals surface area contributed by atoms with Gasteiger partial charge in [0.15, 0.2) is 5.34 Å². The van der Waals surface area contributed by atoms with Gasteiger partial charge < -0.3 is 14.2 Å². The molecule has 1 aromatic carbocycles. The van der Waals surface area contributed by atoms with Crippen molar-refractivity contribution in [3.05, 3.63) is 34.9 Å². The molecule has 1 N–H and O–H groups in total. The van der Waals surface area contributed by atoms with Gasteiger partial charge in [-0.1, -0.05) is 30.7 Å². The fourth-order valence-electron chi connectivity index (χ4n) is 1.86. The molecule has 0 aliphatic rings. The predicted octanol–water partition coefficient (Wildman–Crippen LogP) is 4.16. The van der Waals surface area contributed by atoms with Gasteiger partial charge in [0.2, 0.25) is 0 Å². The molecule has 0 fully saturated rings. The standard InChI is InChI=1S/C13H20ClO4P/c1-4-13(15,11-7-9-12(14)10-8-11)19(16,17-5-2)18-6-3/h7-10,15H,4-6H2,1-3H3/t13-/m0/s1. The molecule has 1 aromatic rings. The van der Waals surface area contributed by atoms with E-state index in [0.29, 0.717) is 10.6 Å². The van der Waals surface area contributed by atoms with E-state index in [1.54, 1.807) is 45.0 Å². The van der Waals surface area contributed by atoms with Crippen molar-refractivity contribution >= 4 is 19.2 Å². The van der Waals surface area contributed by atoms with Gasteiger partial charge in [0, 0.05) is 5.02 Å². The summed E-state index contributed by atoms with van der Waals surface area (Å²) in [4.78, 5) is 0. The Bertz CT molecular complexity index is 438. The minimum absolute atomic E-state index is 0.202. The van der Waals surface area contributed by atoms with Crippen LogP contribution in [-0.2, 0) is 19.0 Å². The Morgan fingerprint density at radius 3 is 2.00 bits per heavy atom. The number of halogens is 1. The Balaban J connectivity index is 3.26. The number of benzene rings is 1. The lowest BCUT2D eigenvalue weighted by molar-refractivity contribution is 0.0622. The van der Waals surface area contributed by atoms with Crippen molar-refractivity contribution in [2.24, 2.45) is 0 Å². The summed E-state index contributed by atoms with van der Waals surface area (Å²) in [5, 5.41) is 9.69. The first kappa shape index (κ1) is 16.7. The van der Waals surface area contributed by atoms with Gasteiger partial charge in [0.25, 0.3) is 0 Å². The molecule has 0 amide bonds. The highest BCUT2D eigenvalue weighted by Gasteiger charge is 2.49. The number of rotatable bonds is 7. The minimum Gasteiger partial charge on any atom is -0.373 e. The largest absolute Gasteiger partial charge is 0.373 e. The van der Waals surface area contributed by atoms with Crippen LogP contribution in [0.5, 0.6) is 0 Å². The molecule has 0 aliphatic carbocycles. The van der Waals surface area contributed by atoms with Crippen molar-refractivity contribution in [1.82, 2.24) is 0 Å². The van der Waals surface area contributed by atoms with E-state index in [-0.39, 0.29) is 19.6 Å². The maximum absolute atomic E-state index is 12.8. The zero-order valence-corrected chi connectivity index (χ0v) is 13.1. The Morgan fingerprint density at radius 1 is 1.16 bits per heavy atom. The van der Waals surface area contributed by atoms with Crippen LogP contribution in [0.3, 0.4) is 0 Å². The van der Waals surface area contributed by atoms with Gasteiger partial charge in [-0.3, -0.25) is 4.57 Å². The summed E-state index contributed by atoms with van der Waals surface area (Å²) in [6.45, 7) is 5.56. The smallest absolute Gasteiger partial charge is 0.366 e. The maximum atomic E-state index is 12.8. The highest BCUT2D eigenvalue weighted by atomic mass is 35.5. The molecular weight excluding hydrogens is 287 g/mol. The van der Waals surface area contributed by atoms with Crippen molar-refractivity contribution in [3.63, 3.8) is 0 Å². The van der Waals surface area contributed by atoms with Gasteiger partial charge in [-0.15, -0.1) is 0 Å². The lowest BCUT2D eigenvalue weighted by Gasteiger charge is -2.34. The van der Waals surface area contributed by atoms with Crippen LogP contribution in [0.2, 0.25) is 5.02 Å². The zero-order chi connectivity index (χ0) is 14.5. The molecule has 0 radical (unpaired) electrons. The van der Waals surface area contributed by atoms with Crippen molar-refractivity contribution in [2.75, 3.05) is 13.2 Å². The SMILES string of the molecule is CCOP(=O)(OCC)[C@@](O)(CC)c1ccc(Cl)cc1. The monoisotopic (exact) mass is 306 g/mol. The van der Waals surface area contributed by atoms with Gasteiger partial charge in [0.05, 0.1) is 13.2 Å². The third-order valence-electron chi connectivity index (χ3n) is 2.85.